The first kappa shape index (κ1) is 18.1. The molecule has 4 rings (SSSR count). The molecule has 1 amide bonds. The number of nitrogens with one attached hydrogen (secondary N) is 3. The first-order valence-electron chi connectivity index (χ1n) is 8.19. The van der Waals surface area contributed by atoms with Crippen LogP contribution in [-0.2, 0) is 13.0 Å². The van der Waals surface area contributed by atoms with Crippen molar-refractivity contribution in [2.45, 2.75) is 25.9 Å². The molecular formula is C17H19ClN6O2. The van der Waals surface area contributed by atoms with Gasteiger partial charge in [-0.1, -0.05) is 23.4 Å². The number of nitrogens with zero attached hydrogens (tertiary/aromatic N) is 3. The molecule has 1 aliphatic rings. The Kier molecular flexibility index (Phi) is 5.34. The molecule has 1 unspecified atom stereocenters. The number of rotatable bonds is 4. The van der Waals surface area contributed by atoms with Crippen LogP contribution in [0.3, 0.4) is 0 Å². The van der Waals surface area contributed by atoms with Gasteiger partial charge in [-0.3, -0.25) is 9.89 Å². The van der Waals surface area contributed by atoms with Gasteiger partial charge in [-0.15, -0.1) is 12.4 Å². The quantitative estimate of drug-likeness (QED) is 0.644. The van der Waals surface area contributed by atoms with E-state index in [1.165, 1.54) is 0 Å². The van der Waals surface area contributed by atoms with Crippen molar-refractivity contribution < 1.29 is 9.32 Å². The Bertz CT molecular complexity index is 892. The van der Waals surface area contributed by atoms with Gasteiger partial charge < -0.3 is 15.2 Å². The van der Waals surface area contributed by atoms with E-state index in [2.05, 4.69) is 31.0 Å². The Hall–Kier alpha value is -2.71. The van der Waals surface area contributed by atoms with E-state index in [9.17, 15) is 4.79 Å². The molecule has 3 N–H and O–H groups in total. The van der Waals surface area contributed by atoms with Gasteiger partial charge in [-0.25, -0.2) is 0 Å². The maximum atomic E-state index is 12.5. The third-order valence-electron chi connectivity index (χ3n) is 4.22. The van der Waals surface area contributed by atoms with Crippen molar-refractivity contribution in [3.8, 4) is 11.5 Å². The average Bonchev–Trinajstić information content (AvgIpc) is 3.30. The Morgan fingerprint density at radius 1 is 1.31 bits per heavy atom. The minimum atomic E-state index is -0.391. The number of fused-ring (bicyclic) bond motifs is 1. The van der Waals surface area contributed by atoms with Gasteiger partial charge in [-0.05, 0) is 19.1 Å². The Morgan fingerprint density at radius 3 is 2.92 bits per heavy atom. The van der Waals surface area contributed by atoms with Gasteiger partial charge in [0.15, 0.2) is 11.5 Å². The number of H-pyrrole nitrogens is 1. The van der Waals surface area contributed by atoms with Crippen LogP contribution < -0.4 is 10.6 Å². The summed E-state index contributed by atoms with van der Waals surface area (Å²) in [5, 5.41) is 17.2. The molecule has 3 aromatic rings. The molecule has 0 spiro atoms. The molecule has 0 fully saturated rings. The standard InChI is InChI=1S/C17H18N6O2.ClH/c1-10(15-20-17(25-23-15)11-5-3-2-4-6-11)19-16(24)14-12-9-18-8-7-13(12)21-22-14;/h2-6,10,18H,7-9H2,1H3,(H,19,24)(H,21,22);1H. The number of hydrogen-bond donors (Lipinski definition) is 3. The topological polar surface area (TPSA) is 109 Å². The van der Waals surface area contributed by atoms with Crippen LogP contribution in [0.4, 0.5) is 0 Å². The van der Waals surface area contributed by atoms with Crippen LogP contribution in [0.15, 0.2) is 34.9 Å². The largest absolute Gasteiger partial charge is 0.341 e. The van der Waals surface area contributed by atoms with E-state index in [4.69, 9.17) is 4.52 Å². The molecule has 9 heteroatoms. The fourth-order valence-corrected chi connectivity index (χ4v) is 2.85. The lowest BCUT2D eigenvalue weighted by molar-refractivity contribution is 0.0931. The van der Waals surface area contributed by atoms with Crippen LogP contribution in [-0.4, -0.2) is 32.8 Å². The molecule has 3 heterocycles. The third-order valence-corrected chi connectivity index (χ3v) is 4.22. The van der Waals surface area contributed by atoms with Gasteiger partial charge in [0, 0.05) is 36.3 Å². The van der Waals surface area contributed by atoms with Crippen molar-refractivity contribution in [2.75, 3.05) is 6.54 Å². The van der Waals surface area contributed by atoms with Crippen LogP contribution in [0.25, 0.3) is 11.5 Å². The van der Waals surface area contributed by atoms with E-state index in [0.29, 0.717) is 24.0 Å². The maximum absolute atomic E-state index is 12.5. The fourth-order valence-electron chi connectivity index (χ4n) is 2.85. The van der Waals surface area contributed by atoms with Gasteiger partial charge >= 0.3 is 0 Å². The molecule has 8 nitrogen and oxygen atoms in total. The monoisotopic (exact) mass is 374 g/mol. The molecule has 0 aliphatic carbocycles. The fraction of sp³-hybridized carbons (Fsp3) is 0.294. The summed E-state index contributed by atoms with van der Waals surface area (Å²) in [5.41, 5.74) is 3.20. The van der Waals surface area contributed by atoms with E-state index in [-0.39, 0.29) is 18.3 Å². The summed E-state index contributed by atoms with van der Waals surface area (Å²) in [7, 11) is 0. The summed E-state index contributed by atoms with van der Waals surface area (Å²) in [6, 6.07) is 9.12. The van der Waals surface area contributed by atoms with Crippen molar-refractivity contribution in [1.29, 1.82) is 0 Å². The highest BCUT2D eigenvalue weighted by Gasteiger charge is 2.24. The molecule has 0 bridgehead atoms. The van der Waals surface area contributed by atoms with E-state index < -0.39 is 6.04 Å². The van der Waals surface area contributed by atoms with Crippen LogP contribution in [0.1, 0.15) is 40.5 Å². The molecule has 1 aliphatic heterocycles. The molecule has 2 aromatic heterocycles. The second kappa shape index (κ2) is 7.67. The van der Waals surface area contributed by atoms with E-state index in [1.807, 2.05) is 37.3 Å². The minimum Gasteiger partial charge on any atom is -0.341 e. The molecule has 0 saturated heterocycles. The first-order valence-corrected chi connectivity index (χ1v) is 8.19. The highest BCUT2D eigenvalue weighted by Crippen LogP contribution is 2.20. The second-order valence-electron chi connectivity index (χ2n) is 5.98. The molecule has 1 aromatic carbocycles. The number of carbonyl (C=O) groups is 1. The SMILES string of the molecule is CC(NC(=O)c1n[nH]c2c1CNCC2)c1noc(-c2ccccc2)n1.Cl. The number of hydrogen-bond acceptors (Lipinski definition) is 6. The van der Waals surface area contributed by atoms with Gasteiger partial charge in [0.25, 0.3) is 11.8 Å². The zero-order valence-electron chi connectivity index (χ0n) is 14.2. The van der Waals surface area contributed by atoms with E-state index in [1.54, 1.807) is 0 Å². The summed E-state index contributed by atoms with van der Waals surface area (Å²) in [6.45, 7) is 3.34. The first-order chi connectivity index (χ1) is 12.2. The smallest absolute Gasteiger partial charge is 0.272 e. The Morgan fingerprint density at radius 2 is 2.12 bits per heavy atom. The molecule has 136 valence electrons. The summed E-state index contributed by atoms with van der Waals surface area (Å²) in [4.78, 5) is 16.9. The molecule has 0 radical (unpaired) electrons. The van der Waals surface area contributed by atoms with Crippen molar-refractivity contribution in [2.24, 2.45) is 0 Å². The third kappa shape index (κ3) is 3.47. The summed E-state index contributed by atoms with van der Waals surface area (Å²) in [6.07, 6.45) is 0.844. The summed E-state index contributed by atoms with van der Waals surface area (Å²) >= 11 is 0. The normalized spacial score (nSPS) is 14.2. The van der Waals surface area contributed by atoms with E-state index >= 15 is 0 Å². The molecule has 1 atom stereocenters. The predicted molar refractivity (Wildman–Crippen MR) is 96.9 cm³/mol. The van der Waals surface area contributed by atoms with Crippen LogP contribution in [0.2, 0.25) is 0 Å². The summed E-state index contributed by atoms with van der Waals surface area (Å²) in [5.74, 6) is 0.604. The highest BCUT2D eigenvalue weighted by molar-refractivity contribution is 5.94. The predicted octanol–water partition coefficient (Wildman–Crippen LogP) is 2.02. The summed E-state index contributed by atoms with van der Waals surface area (Å²) < 4.78 is 5.29. The number of aromatic nitrogens is 4. The lowest BCUT2D eigenvalue weighted by atomic mass is 10.1. The number of aromatic amines is 1. The maximum Gasteiger partial charge on any atom is 0.272 e. The van der Waals surface area contributed by atoms with Crippen molar-refractivity contribution in [1.82, 2.24) is 31.0 Å². The molecule has 0 saturated carbocycles. The second-order valence-corrected chi connectivity index (χ2v) is 5.98. The van der Waals surface area contributed by atoms with Gasteiger partial charge in [-0.2, -0.15) is 10.1 Å². The number of halogens is 1. The minimum absolute atomic E-state index is 0. The van der Waals surface area contributed by atoms with Gasteiger partial charge in [0.1, 0.15) is 0 Å². The van der Waals surface area contributed by atoms with Crippen LogP contribution >= 0.6 is 12.4 Å². The zero-order valence-corrected chi connectivity index (χ0v) is 15.0. The molecule has 26 heavy (non-hydrogen) atoms. The molecular weight excluding hydrogens is 356 g/mol. The lowest BCUT2D eigenvalue weighted by Gasteiger charge is -2.14. The van der Waals surface area contributed by atoms with Crippen molar-refractivity contribution >= 4 is 18.3 Å². The lowest BCUT2D eigenvalue weighted by Crippen LogP contribution is -2.30. The number of benzene rings is 1. The van der Waals surface area contributed by atoms with Crippen LogP contribution in [0, 0.1) is 0 Å². The van der Waals surface area contributed by atoms with Gasteiger partial charge in [0.05, 0.1) is 6.04 Å². The number of carbonyl (C=O) groups excluding carboxylic acids is 1. The van der Waals surface area contributed by atoms with Gasteiger partial charge in [0.2, 0.25) is 0 Å². The Balaban J connectivity index is 0.00000196. The van der Waals surface area contributed by atoms with E-state index in [0.717, 1.165) is 29.8 Å². The zero-order chi connectivity index (χ0) is 17.2. The average molecular weight is 375 g/mol. The number of amides is 1. The van der Waals surface area contributed by atoms with Crippen molar-refractivity contribution in [3.05, 3.63) is 53.1 Å². The van der Waals surface area contributed by atoms with Crippen molar-refractivity contribution in [3.63, 3.8) is 0 Å². The highest BCUT2D eigenvalue weighted by atomic mass is 35.5. The Labute approximate surface area is 156 Å². The van der Waals surface area contributed by atoms with Crippen LogP contribution in [0.5, 0.6) is 0 Å².